The fourth-order valence-corrected chi connectivity index (χ4v) is 1.59. The first-order valence-corrected chi connectivity index (χ1v) is 4.94. The molecule has 0 amide bonds. The second-order valence-corrected chi connectivity index (χ2v) is 3.31. The first-order chi connectivity index (χ1) is 7.42. The Kier molecular flexibility index (Phi) is 4.62. The average molecular weight is 232 g/mol. The Balaban J connectivity index is 0.00000128. The van der Waals surface area contributed by atoms with Gasteiger partial charge in [-0.2, -0.15) is 0 Å². The molecule has 0 heterocycles. The molecule has 0 spiro atoms. The van der Waals surface area contributed by atoms with Gasteiger partial charge < -0.3 is 5.73 Å². The lowest BCUT2D eigenvalue weighted by molar-refractivity contribution is 1.50. The summed E-state index contributed by atoms with van der Waals surface area (Å²) in [5, 5.41) is 0. The summed E-state index contributed by atoms with van der Waals surface area (Å²) in [4.78, 5) is 0. The van der Waals surface area contributed by atoms with E-state index < -0.39 is 0 Å². The zero-order valence-electron chi connectivity index (χ0n) is 8.84. The molecule has 2 aromatic carbocycles. The molecule has 0 aliphatic carbocycles. The smallest absolute Gasteiger partial charge is 0.00436 e. The molecular weight excluding hydrogens is 218 g/mol. The highest BCUT2D eigenvalue weighted by Gasteiger charge is 2.01. The second kappa shape index (κ2) is 5.99. The number of rotatable bonds is 2. The standard InChI is InChI=1S/C14H13N.ClH/c15-11-14(12-7-3-1-4-8-12)13-9-5-2-6-10-13;/h1-11H,15H2;1H. The van der Waals surface area contributed by atoms with Gasteiger partial charge in [-0.05, 0) is 11.1 Å². The van der Waals surface area contributed by atoms with Crippen molar-refractivity contribution in [1.82, 2.24) is 0 Å². The van der Waals surface area contributed by atoms with Crippen molar-refractivity contribution in [2.45, 2.75) is 0 Å². The van der Waals surface area contributed by atoms with Crippen LogP contribution in [0.1, 0.15) is 11.1 Å². The van der Waals surface area contributed by atoms with E-state index in [-0.39, 0.29) is 12.4 Å². The maximum atomic E-state index is 5.67. The van der Waals surface area contributed by atoms with Gasteiger partial charge in [-0.1, -0.05) is 60.7 Å². The van der Waals surface area contributed by atoms with Crippen molar-refractivity contribution < 1.29 is 0 Å². The highest BCUT2D eigenvalue weighted by atomic mass is 35.5. The molecule has 2 heteroatoms. The molecule has 2 rings (SSSR count). The van der Waals surface area contributed by atoms with Gasteiger partial charge in [0.05, 0.1) is 0 Å². The Labute approximate surface area is 102 Å². The van der Waals surface area contributed by atoms with Crippen molar-refractivity contribution in [1.29, 1.82) is 0 Å². The summed E-state index contributed by atoms with van der Waals surface area (Å²) >= 11 is 0. The summed E-state index contributed by atoms with van der Waals surface area (Å²) in [7, 11) is 0. The highest BCUT2D eigenvalue weighted by Crippen LogP contribution is 2.21. The molecule has 0 aromatic heterocycles. The van der Waals surface area contributed by atoms with Gasteiger partial charge in [-0.15, -0.1) is 12.4 Å². The van der Waals surface area contributed by atoms with Crippen LogP contribution >= 0.6 is 12.4 Å². The minimum absolute atomic E-state index is 0. The minimum atomic E-state index is 0. The summed E-state index contributed by atoms with van der Waals surface area (Å²) in [5.41, 5.74) is 9.03. The third kappa shape index (κ3) is 2.65. The predicted octanol–water partition coefficient (Wildman–Crippen LogP) is 3.46. The van der Waals surface area contributed by atoms with E-state index in [0.717, 1.165) is 16.7 Å². The van der Waals surface area contributed by atoms with E-state index in [1.807, 2.05) is 36.4 Å². The van der Waals surface area contributed by atoms with Crippen molar-refractivity contribution in [3.05, 3.63) is 78.0 Å². The van der Waals surface area contributed by atoms with Crippen molar-refractivity contribution in [2.75, 3.05) is 0 Å². The fourth-order valence-electron chi connectivity index (χ4n) is 1.59. The van der Waals surface area contributed by atoms with E-state index in [1.165, 1.54) is 0 Å². The Morgan fingerprint density at radius 1 is 0.750 bits per heavy atom. The third-order valence-electron chi connectivity index (χ3n) is 2.34. The molecule has 0 saturated carbocycles. The molecule has 0 atom stereocenters. The maximum absolute atomic E-state index is 5.67. The maximum Gasteiger partial charge on any atom is 0.00436 e. The molecule has 0 fully saturated rings. The van der Waals surface area contributed by atoms with Crippen molar-refractivity contribution in [3.63, 3.8) is 0 Å². The number of hydrogen-bond donors (Lipinski definition) is 1. The van der Waals surface area contributed by atoms with E-state index in [4.69, 9.17) is 5.73 Å². The SMILES string of the molecule is Cl.NC=C(c1ccccc1)c1ccccc1. The van der Waals surface area contributed by atoms with Crippen LogP contribution < -0.4 is 5.73 Å². The molecule has 0 aliphatic rings. The lowest BCUT2D eigenvalue weighted by Gasteiger charge is -2.06. The fraction of sp³-hybridized carbons (Fsp3) is 0. The third-order valence-corrected chi connectivity index (χ3v) is 2.34. The van der Waals surface area contributed by atoms with Crippen LogP contribution in [0.15, 0.2) is 66.9 Å². The topological polar surface area (TPSA) is 26.0 Å². The monoisotopic (exact) mass is 231 g/mol. The average Bonchev–Trinajstić information content (AvgIpc) is 2.33. The molecule has 0 radical (unpaired) electrons. The van der Waals surface area contributed by atoms with Gasteiger partial charge in [0.2, 0.25) is 0 Å². The molecule has 0 unspecified atom stereocenters. The Bertz CT molecular complexity index is 407. The Morgan fingerprint density at radius 3 is 1.44 bits per heavy atom. The number of nitrogens with two attached hydrogens (primary N) is 1. The van der Waals surface area contributed by atoms with Gasteiger partial charge in [-0.3, -0.25) is 0 Å². The van der Waals surface area contributed by atoms with Crippen molar-refractivity contribution in [3.8, 4) is 0 Å². The lowest BCUT2D eigenvalue weighted by Crippen LogP contribution is -1.91. The van der Waals surface area contributed by atoms with Crippen LogP contribution in [-0.2, 0) is 0 Å². The van der Waals surface area contributed by atoms with Gasteiger partial charge in [0.25, 0.3) is 0 Å². The number of halogens is 1. The number of benzene rings is 2. The highest BCUT2D eigenvalue weighted by molar-refractivity contribution is 5.85. The van der Waals surface area contributed by atoms with Gasteiger partial charge in [-0.25, -0.2) is 0 Å². The molecule has 0 saturated heterocycles. The number of hydrogen-bond acceptors (Lipinski definition) is 1. The Morgan fingerprint density at radius 2 is 1.12 bits per heavy atom. The van der Waals surface area contributed by atoms with Crippen molar-refractivity contribution >= 4 is 18.0 Å². The molecule has 0 bridgehead atoms. The van der Waals surface area contributed by atoms with Crippen LogP contribution in [0.5, 0.6) is 0 Å². The molecule has 82 valence electrons. The van der Waals surface area contributed by atoms with Gasteiger partial charge in [0.15, 0.2) is 0 Å². The van der Waals surface area contributed by atoms with Crippen LogP contribution in [0.3, 0.4) is 0 Å². The van der Waals surface area contributed by atoms with Crippen LogP contribution in [0.25, 0.3) is 5.57 Å². The van der Waals surface area contributed by atoms with E-state index in [9.17, 15) is 0 Å². The van der Waals surface area contributed by atoms with E-state index in [0.29, 0.717) is 0 Å². The van der Waals surface area contributed by atoms with Crippen LogP contribution in [0, 0.1) is 0 Å². The molecule has 2 N–H and O–H groups in total. The minimum Gasteiger partial charge on any atom is -0.404 e. The van der Waals surface area contributed by atoms with E-state index in [2.05, 4.69) is 24.3 Å². The summed E-state index contributed by atoms with van der Waals surface area (Å²) in [6.07, 6.45) is 1.66. The lowest BCUT2D eigenvalue weighted by atomic mass is 9.99. The largest absolute Gasteiger partial charge is 0.404 e. The van der Waals surface area contributed by atoms with E-state index in [1.54, 1.807) is 6.20 Å². The summed E-state index contributed by atoms with van der Waals surface area (Å²) in [6.45, 7) is 0. The van der Waals surface area contributed by atoms with Gasteiger partial charge >= 0.3 is 0 Å². The first kappa shape index (κ1) is 12.3. The first-order valence-electron chi connectivity index (χ1n) is 4.94. The molecule has 1 nitrogen and oxygen atoms in total. The molecule has 0 aliphatic heterocycles. The molecule has 16 heavy (non-hydrogen) atoms. The molecular formula is C14H14ClN. The normalized spacial score (nSPS) is 9.00. The summed E-state index contributed by atoms with van der Waals surface area (Å²) < 4.78 is 0. The van der Waals surface area contributed by atoms with Crippen molar-refractivity contribution in [2.24, 2.45) is 5.73 Å². The van der Waals surface area contributed by atoms with Gasteiger partial charge in [0, 0.05) is 11.8 Å². The van der Waals surface area contributed by atoms with E-state index >= 15 is 0 Å². The van der Waals surface area contributed by atoms with Crippen LogP contribution in [0.4, 0.5) is 0 Å². The predicted molar refractivity (Wildman–Crippen MR) is 71.4 cm³/mol. The van der Waals surface area contributed by atoms with Crippen LogP contribution in [-0.4, -0.2) is 0 Å². The summed E-state index contributed by atoms with van der Waals surface area (Å²) in [6, 6.07) is 20.3. The quantitative estimate of drug-likeness (QED) is 0.842. The van der Waals surface area contributed by atoms with Gasteiger partial charge in [0.1, 0.15) is 0 Å². The molecule has 2 aromatic rings. The zero-order chi connectivity index (χ0) is 10.5. The van der Waals surface area contributed by atoms with Crippen LogP contribution in [0.2, 0.25) is 0 Å². The zero-order valence-corrected chi connectivity index (χ0v) is 9.65. The summed E-state index contributed by atoms with van der Waals surface area (Å²) in [5.74, 6) is 0. The second-order valence-electron chi connectivity index (χ2n) is 3.31. The Hall–Kier alpha value is -1.73.